The summed E-state index contributed by atoms with van der Waals surface area (Å²) in [5.74, 6) is -2.22. The van der Waals surface area contributed by atoms with Gasteiger partial charge in [0.15, 0.2) is 0 Å². The normalized spacial score (nSPS) is 14.0. The first-order valence-corrected chi connectivity index (χ1v) is 10.2. The zero-order valence-electron chi connectivity index (χ0n) is 17.3. The highest BCUT2D eigenvalue weighted by atomic mass is 16.7. The van der Waals surface area contributed by atoms with Gasteiger partial charge in [0.2, 0.25) is 0 Å². The van der Waals surface area contributed by atoms with Crippen molar-refractivity contribution in [3.63, 3.8) is 0 Å². The minimum absolute atomic E-state index is 0.326. The number of nitrogens with one attached hydrogen (secondary N) is 1. The van der Waals surface area contributed by atoms with Crippen LogP contribution in [-0.2, 0) is 20.1 Å². The predicted molar refractivity (Wildman–Crippen MR) is 121 cm³/mol. The molecule has 6 nitrogen and oxygen atoms in total. The number of ether oxygens (including phenoxy) is 2. The number of carbonyl (C=O) groups excluding carboxylic acids is 2. The Morgan fingerprint density at radius 1 is 0.875 bits per heavy atom. The van der Waals surface area contributed by atoms with Gasteiger partial charge in [-0.3, -0.25) is 9.59 Å². The molecule has 1 aliphatic rings. The van der Waals surface area contributed by atoms with Gasteiger partial charge in [-0.05, 0) is 48.0 Å². The Labute approximate surface area is 184 Å². The molecule has 0 bridgehead atoms. The van der Waals surface area contributed by atoms with Gasteiger partial charge in [0.25, 0.3) is 17.5 Å². The van der Waals surface area contributed by atoms with Crippen LogP contribution in [0.1, 0.15) is 23.0 Å². The van der Waals surface area contributed by atoms with Crippen molar-refractivity contribution in [2.75, 3.05) is 5.32 Å². The number of hydrogen-bond acceptors (Lipinski definition) is 4. The third kappa shape index (κ3) is 3.41. The Balaban J connectivity index is 1.44. The van der Waals surface area contributed by atoms with Crippen LogP contribution in [0.15, 0.2) is 97.6 Å². The number of nitrogens with zero attached hydrogens (tertiary/aromatic N) is 1. The number of anilines is 1. The lowest BCUT2D eigenvalue weighted by atomic mass is 10.0. The molecular formula is C26H20N2O4. The van der Waals surface area contributed by atoms with Crippen molar-refractivity contribution in [3.05, 3.63) is 109 Å². The fourth-order valence-corrected chi connectivity index (χ4v) is 3.82. The summed E-state index contributed by atoms with van der Waals surface area (Å²) in [6.07, 6.45) is 4.76. The number of pyridine rings is 1. The van der Waals surface area contributed by atoms with E-state index < -0.39 is 17.5 Å². The number of Topliss-reactive ketones (excluding diaryl/α,β-unsaturated/α-hetero) is 1. The van der Waals surface area contributed by atoms with E-state index in [2.05, 4.69) is 5.32 Å². The van der Waals surface area contributed by atoms with E-state index >= 15 is 0 Å². The van der Waals surface area contributed by atoms with Gasteiger partial charge < -0.3 is 19.2 Å². The number of hydrogen-bond donors (Lipinski definition) is 1. The highest BCUT2D eigenvalue weighted by Crippen LogP contribution is 2.32. The number of benzene rings is 2. The van der Waals surface area contributed by atoms with Crippen molar-refractivity contribution < 1.29 is 19.1 Å². The minimum atomic E-state index is -0.895. The van der Waals surface area contributed by atoms with Crippen LogP contribution in [0.25, 0.3) is 16.6 Å². The van der Waals surface area contributed by atoms with Crippen molar-refractivity contribution in [1.82, 2.24) is 4.40 Å². The maximum Gasteiger partial charge on any atom is 0.298 e. The highest BCUT2D eigenvalue weighted by Gasteiger charge is 2.32. The van der Waals surface area contributed by atoms with Gasteiger partial charge in [-0.25, -0.2) is 0 Å². The molecule has 0 fully saturated rings. The Morgan fingerprint density at radius 3 is 2.28 bits per heavy atom. The average Bonchev–Trinajstić information content (AvgIpc) is 3.44. The van der Waals surface area contributed by atoms with E-state index in [0.717, 1.165) is 16.6 Å². The van der Waals surface area contributed by atoms with Crippen LogP contribution in [0, 0.1) is 0 Å². The topological polar surface area (TPSA) is 69.0 Å². The van der Waals surface area contributed by atoms with Crippen molar-refractivity contribution in [1.29, 1.82) is 0 Å². The predicted octanol–water partition coefficient (Wildman–Crippen LogP) is 5.12. The number of aromatic nitrogens is 1. The van der Waals surface area contributed by atoms with E-state index in [0.29, 0.717) is 16.9 Å². The molecule has 3 heterocycles. The first kappa shape index (κ1) is 19.6. The number of ketones is 1. The third-order valence-corrected chi connectivity index (χ3v) is 5.49. The lowest BCUT2D eigenvalue weighted by Gasteiger charge is -2.23. The summed E-state index contributed by atoms with van der Waals surface area (Å²) in [4.78, 5) is 26.2. The smallest absolute Gasteiger partial charge is 0.298 e. The maximum absolute atomic E-state index is 13.3. The Kier molecular flexibility index (Phi) is 4.75. The zero-order chi connectivity index (χ0) is 22.1. The number of amides is 1. The van der Waals surface area contributed by atoms with Gasteiger partial charge >= 0.3 is 0 Å². The Hall–Kier alpha value is -4.32. The van der Waals surface area contributed by atoms with E-state index in [-0.39, 0.29) is 0 Å². The second-order valence-electron chi connectivity index (χ2n) is 7.58. The first-order valence-electron chi connectivity index (χ1n) is 10.2. The first-order chi connectivity index (χ1) is 15.5. The summed E-state index contributed by atoms with van der Waals surface area (Å²) < 4.78 is 12.7. The molecule has 0 unspecified atom stereocenters. The molecule has 4 aromatic rings. The Morgan fingerprint density at radius 2 is 1.56 bits per heavy atom. The maximum atomic E-state index is 13.3. The molecular weight excluding hydrogens is 404 g/mol. The second-order valence-corrected chi connectivity index (χ2v) is 7.58. The fourth-order valence-electron chi connectivity index (χ4n) is 3.82. The SMILES string of the molecule is CC1(c2ccc(NC(=O)C(=O)c3c(-c4ccccc4)cc4ccccn34)cc2)OC=CO1. The van der Waals surface area contributed by atoms with Gasteiger partial charge in [0.1, 0.15) is 18.2 Å². The summed E-state index contributed by atoms with van der Waals surface area (Å²) in [5.41, 5.74) is 4.04. The molecule has 0 saturated heterocycles. The molecule has 0 spiro atoms. The van der Waals surface area contributed by atoms with Crippen LogP contribution in [-0.4, -0.2) is 16.1 Å². The summed E-state index contributed by atoms with van der Waals surface area (Å²) >= 11 is 0. The second kappa shape index (κ2) is 7.74. The molecule has 5 rings (SSSR count). The third-order valence-electron chi connectivity index (χ3n) is 5.49. The summed E-state index contributed by atoms with van der Waals surface area (Å²) in [7, 11) is 0. The molecule has 2 aromatic heterocycles. The van der Waals surface area contributed by atoms with E-state index in [9.17, 15) is 9.59 Å². The molecule has 6 heteroatoms. The number of fused-ring (bicyclic) bond motifs is 1. The molecule has 158 valence electrons. The van der Waals surface area contributed by atoms with Crippen LogP contribution < -0.4 is 5.32 Å². The van der Waals surface area contributed by atoms with E-state index in [4.69, 9.17) is 9.47 Å². The van der Waals surface area contributed by atoms with Crippen LogP contribution >= 0.6 is 0 Å². The van der Waals surface area contributed by atoms with Crippen molar-refractivity contribution in [2.45, 2.75) is 12.7 Å². The molecule has 32 heavy (non-hydrogen) atoms. The van der Waals surface area contributed by atoms with Gasteiger partial charge in [-0.15, -0.1) is 0 Å². The molecule has 0 radical (unpaired) electrons. The zero-order valence-corrected chi connectivity index (χ0v) is 17.3. The lowest BCUT2D eigenvalue weighted by Crippen LogP contribution is -2.25. The van der Waals surface area contributed by atoms with Gasteiger partial charge in [0.05, 0.1) is 0 Å². The van der Waals surface area contributed by atoms with Crippen LogP contribution in [0.2, 0.25) is 0 Å². The lowest BCUT2D eigenvalue weighted by molar-refractivity contribution is -0.133. The molecule has 0 saturated carbocycles. The highest BCUT2D eigenvalue weighted by molar-refractivity contribution is 6.47. The Bertz CT molecular complexity index is 1330. The summed E-state index contributed by atoms with van der Waals surface area (Å²) in [6.45, 7) is 1.80. The molecule has 1 aliphatic heterocycles. The number of rotatable bonds is 5. The van der Waals surface area contributed by atoms with E-state index in [1.807, 2.05) is 54.6 Å². The quantitative estimate of drug-likeness (QED) is 0.357. The molecule has 0 atom stereocenters. The molecule has 1 amide bonds. The van der Waals surface area contributed by atoms with E-state index in [1.165, 1.54) is 12.5 Å². The number of carbonyl (C=O) groups is 2. The minimum Gasteiger partial charge on any atom is -0.453 e. The summed E-state index contributed by atoms with van der Waals surface area (Å²) in [5, 5.41) is 2.70. The van der Waals surface area contributed by atoms with Crippen LogP contribution in [0.4, 0.5) is 5.69 Å². The van der Waals surface area contributed by atoms with Gasteiger partial charge in [-0.1, -0.05) is 36.4 Å². The molecule has 1 N–H and O–H groups in total. The molecule has 2 aromatic carbocycles. The van der Waals surface area contributed by atoms with Crippen molar-refractivity contribution in [3.8, 4) is 11.1 Å². The van der Waals surface area contributed by atoms with Crippen LogP contribution in [0.5, 0.6) is 0 Å². The monoisotopic (exact) mass is 424 g/mol. The summed E-state index contributed by atoms with van der Waals surface area (Å²) in [6, 6.07) is 24.1. The van der Waals surface area contributed by atoms with Crippen molar-refractivity contribution in [2.24, 2.45) is 0 Å². The average molecular weight is 424 g/mol. The van der Waals surface area contributed by atoms with Crippen LogP contribution in [0.3, 0.4) is 0 Å². The van der Waals surface area contributed by atoms with E-state index in [1.54, 1.807) is 41.8 Å². The standard InChI is InChI=1S/C26H20N2O4/c1-26(31-15-16-32-26)19-10-12-20(13-11-19)27-25(30)24(29)23-22(18-7-3-2-4-8-18)17-21-9-5-6-14-28(21)23/h2-17H,1H3,(H,27,30). The fraction of sp³-hybridized carbons (Fsp3) is 0.0769. The molecule has 0 aliphatic carbocycles. The van der Waals surface area contributed by atoms with Gasteiger partial charge in [0, 0.05) is 35.5 Å². The van der Waals surface area contributed by atoms with Gasteiger partial charge in [-0.2, -0.15) is 0 Å². The van der Waals surface area contributed by atoms with Crippen molar-refractivity contribution >= 4 is 22.9 Å². The largest absolute Gasteiger partial charge is 0.453 e.